The number of aryl methyl sites for hydroxylation is 1. The largest absolute Gasteiger partial charge is 0.390 e. The van der Waals surface area contributed by atoms with E-state index in [2.05, 4.69) is 11.9 Å². The van der Waals surface area contributed by atoms with Crippen molar-refractivity contribution in [2.24, 2.45) is 0 Å². The average Bonchev–Trinajstić information content (AvgIpc) is 3.19. The predicted molar refractivity (Wildman–Crippen MR) is 132 cm³/mol. The van der Waals surface area contributed by atoms with E-state index in [0.717, 1.165) is 19.3 Å². The highest BCUT2D eigenvalue weighted by molar-refractivity contribution is 5.88. The molecule has 34 heavy (non-hydrogen) atoms. The van der Waals surface area contributed by atoms with Crippen LogP contribution in [0.5, 0.6) is 0 Å². The molecule has 8 heteroatoms. The third-order valence-electron chi connectivity index (χ3n) is 6.74. The van der Waals surface area contributed by atoms with Crippen molar-refractivity contribution in [2.75, 3.05) is 0 Å². The molecule has 3 N–H and O–H groups in total. The summed E-state index contributed by atoms with van der Waals surface area (Å²) in [7, 11) is 0. The van der Waals surface area contributed by atoms with Crippen molar-refractivity contribution < 1.29 is 19.7 Å². The van der Waals surface area contributed by atoms with Gasteiger partial charge in [0.1, 0.15) is 18.4 Å². The molecule has 0 bridgehead atoms. The number of H-pyrrole nitrogens is 1. The van der Waals surface area contributed by atoms with Crippen molar-refractivity contribution in [3.05, 3.63) is 32.6 Å². The molecular formula is C26H44N2O6. The monoisotopic (exact) mass is 480 g/mol. The number of aliphatic hydroxyl groups excluding tert-OH is 2. The van der Waals surface area contributed by atoms with Crippen molar-refractivity contribution >= 4 is 5.78 Å². The molecular weight excluding hydrogens is 436 g/mol. The summed E-state index contributed by atoms with van der Waals surface area (Å²) in [5.41, 5.74) is -0.816. The van der Waals surface area contributed by atoms with E-state index in [0.29, 0.717) is 12.0 Å². The van der Waals surface area contributed by atoms with Gasteiger partial charge in [-0.2, -0.15) is 0 Å². The third kappa shape index (κ3) is 9.12. The molecule has 1 aromatic rings. The molecule has 1 aromatic heterocycles. The number of aliphatic hydroxyl groups is 2. The van der Waals surface area contributed by atoms with Crippen LogP contribution < -0.4 is 11.2 Å². The first kappa shape index (κ1) is 28.5. The van der Waals surface area contributed by atoms with E-state index < -0.39 is 41.6 Å². The molecule has 0 aliphatic carbocycles. The van der Waals surface area contributed by atoms with Gasteiger partial charge in [-0.25, -0.2) is 4.79 Å². The maximum Gasteiger partial charge on any atom is 0.330 e. The molecule has 1 unspecified atom stereocenters. The van der Waals surface area contributed by atoms with Crippen molar-refractivity contribution in [1.29, 1.82) is 0 Å². The fourth-order valence-electron chi connectivity index (χ4n) is 4.57. The number of carbonyl (C=O) groups excluding carboxylic acids is 1. The van der Waals surface area contributed by atoms with Crippen LogP contribution in [0.15, 0.2) is 15.8 Å². The highest BCUT2D eigenvalue weighted by Gasteiger charge is 2.42. The molecule has 0 radical (unpaired) electrons. The fourth-order valence-corrected chi connectivity index (χ4v) is 4.57. The van der Waals surface area contributed by atoms with Gasteiger partial charge in [-0.3, -0.25) is 19.1 Å². The van der Waals surface area contributed by atoms with Crippen LogP contribution in [-0.4, -0.2) is 43.9 Å². The topological polar surface area (TPSA) is 122 Å². The summed E-state index contributed by atoms with van der Waals surface area (Å²) in [6.07, 6.45) is 13.3. The van der Waals surface area contributed by atoms with Gasteiger partial charge in [-0.1, -0.05) is 90.4 Å². The van der Waals surface area contributed by atoms with E-state index in [9.17, 15) is 24.6 Å². The summed E-state index contributed by atoms with van der Waals surface area (Å²) >= 11 is 0. The van der Waals surface area contributed by atoms with Crippen LogP contribution in [0.1, 0.15) is 115 Å². The first-order chi connectivity index (χ1) is 16.3. The van der Waals surface area contributed by atoms with Gasteiger partial charge in [0.25, 0.3) is 5.56 Å². The van der Waals surface area contributed by atoms with Gasteiger partial charge < -0.3 is 14.9 Å². The van der Waals surface area contributed by atoms with Crippen LogP contribution in [0.3, 0.4) is 0 Å². The number of nitrogens with zero attached hydrogens (tertiary/aromatic N) is 1. The number of nitrogens with one attached hydrogen (secondary N) is 1. The number of unbranched alkanes of at least 4 members (excludes halogenated alkanes) is 12. The number of ketones is 1. The molecule has 0 saturated carbocycles. The Morgan fingerprint density at radius 3 is 2.12 bits per heavy atom. The maximum atomic E-state index is 12.6. The fraction of sp³-hybridized carbons (Fsp3) is 0.808. The van der Waals surface area contributed by atoms with Crippen LogP contribution in [0.2, 0.25) is 0 Å². The molecule has 0 spiro atoms. The van der Waals surface area contributed by atoms with Crippen molar-refractivity contribution in [2.45, 2.75) is 135 Å². The van der Waals surface area contributed by atoms with Gasteiger partial charge in [0.15, 0.2) is 5.78 Å². The normalized spacial score (nSPS) is 21.1. The highest BCUT2D eigenvalue weighted by atomic mass is 16.5. The minimum Gasteiger partial charge on any atom is -0.390 e. The van der Waals surface area contributed by atoms with Gasteiger partial charge in [0.05, 0.1) is 6.10 Å². The van der Waals surface area contributed by atoms with E-state index >= 15 is 0 Å². The maximum absolute atomic E-state index is 12.6. The molecule has 0 aromatic carbocycles. The third-order valence-corrected chi connectivity index (χ3v) is 6.74. The molecule has 0 amide bonds. The van der Waals surface area contributed by atoms with Crippen LogP contribution in [0.4, 0.5) is 0 Å². The zero-order chi connectivity index (χ0) is 24.9. The van der Waals surface area contributed by atoms with Crippen LogP contribution in [0.25, 0.3) is 0 Å². The van der Waals surface area contributed by atoms with Gasteiger partial charge in [0.2, 0.25) is 0 Å². The Morgan fingerprint density at radius 2 is 1.56 bits per heavy atom. The van der Waals surface area contributed by atoms with E-state index in [4.69, 9.17) is 4.74 Å². The summed E-state index contributed by atoms with van der Waals surface area (Å²) < 4.78 is 6.79. The standard InChI is InChI=1S/C26H44N2O6/c1-3-4-5-6-7-8-9-10-11-12-13-14-15-16-20(29)23(31)24-21(30)17-22(34-24)28-18-19(2)25(32)27-26(28)33/h18,20-22,24,29-30H,3-17H2,1-2H3,(H,27,32,33)/t20?,21-,22+,24-/m0/s1. The molecule has 194 valence electrons. The Kier molecular flexibility index (Phi) is 12.8. The summed E-state index contributed by atoms with van der Waals surface area (Å²) in [6.45, 7) is 3.80. The van der Waals surface area contributed by atoms with E-state index in [1.807, 2.05) is 0 Å². The number of hydrogen-bond donors (Lipinski definition) is 3. The molecule has 8 nitrogen and oxygen atoms in total. The first-order valence-corrected chi connectivity index (χ1v) is 13.2. The molecule has 1 aliphatic rings. The summed E-state index contributed by atoms with van der Waals surface area (Å²) in [4.78, 5) is 38.4. The molecule has 2 heterocycles. The molecule has 1 aliphatic heterocycles. The van der Waals surface area contributed by atoms with Crippen molar-refractivity contribution in [3.8, 4) is 0 Å². The Hall–Kier alpha value is -1.77. The van der Waals surface area contributed by atoms with E-state index in [1.165, 1.54) is 75.0 Å². The van der Waals surface area contributed by atoms with Gasteiger partial charge >= 0.3 is 5.69 Å². The van der Waals surface area contributed by atoms with E-state index in [-0.39, 0.29) is 6.42 Å². The van der Waals surface area contributed by atoms with Crippen LogP contribution in [-0.2, 0) is 9.53 Å². The summed E-state index contributed by atoms with van der Waals surface area (Å²) in [6, 6.07) is 0. The summed E-state index contributed by atoms with van der Waals surface area (Å²) in [5.74, 6) is -0.553. The highest BCUT2D eigenvalue weighted by Crippen LogP contribution is 2.29. The Bertz CT molecular complexity index is 848. The lowest BCUT2D eigenvalue weighted by atomic mass is 9.99. The van der Waals surface area contributed by atoms with Crippen molar-refractivity contribution in [3.63, 3.8) is 0 Å². The molecule has 4 atom stereocenters. The Balaban J connectivity index is 1.61. The number of ether oxygens (including phenoxy) is 1. The lowest BCUT2D eigenvalue weighted by Gasteiger charge is -2.18. The van der Waals surface area contributed by atoms with Crippen LogP contribution >= 0.6 is 0 Å². The Labute approximate surface area is 202 Å². The number of carbonyl (C=O) groups is 1. The number of aromatic amines is 1. The number of Topliss-reactive ketones (excluding diaryl/α,β-unsaturated/α-hetero) is 1. The minimum absolute atomic E-state index is 0.0350. The lowest BCUT2D eigenvalue weighted by molar-refractivity contribution is -0.144. The van der Waals surface area contributed by atoms with E-state index in [1.54, 1.807) is 6.92 Å². The van der Waals surface area contributed by atoms with Crippen LogP contribution in [0, 0.1) is 6.92 Å². The second-order valence-corrected chi connectivity index (χ2v) is 9.74. The Morgan fingerprint density at radius 1 is 1.03 bits per heavy atom. The summed E-state index contributed by atoms with van der Waals surface area (Å²) in [5, 5.41) is 20.6. The molecule has 2 rings (SSSR count). The number of hydrogen-bond acceptors (Lipinski definition) is 6. The zero-order valence-corrected chi connectivity index (χ0v) is 21.0. The predicted octanol–water partition coefficient (Wildman–Crippen LogP) is 3.90. The smallest absolute Gasteiger partial charge is 0.330 e. The molecule has 1 fully saturated rings. The minimum atomic E-state index is -1.19. The number of aromatic nitrogens is 2. The second kappa shape index (κ2) is 15.3. The first-order valence-electron chi connectivity index (χ1n) is 13.2. The average molecular weight is 481 g/mol. The van der Waals surface area contributed by atoms with Gasteiger partial charge in [-0.05, 0) is 13.3 Å². The van der Waals surface area contributed by atoms with Gasteiger partial charge in [-0.15, -0.1) is 0 Å². The number of rotatable bonds is 17. The quantitative estimate of drug-likeness (QED) is 0.291. The molecule has 1 saturated heterocycles. The van der Waals surface area contributed by atoms with Gasteiger partial charge in [0, 0.05) is 18.2 Å². The SMILES string of the molecule is CCCCCCCCCCCCCCCC(O)C(=O)[C@H]1O[C@@H](n2cc(C)c(=O)[nH]c2=O)C[C@@H]1O. The zero-order valence-electron chi connectivity index (χ0n) is 21.0. The lowest BCUT2D eigenvalue weighted by Crippen LogP contribution is -2.38. The second-order valence-electron chi connectivity index (χ2n) is 9.74. The van der Waals surface area contributed by atoms with Crippen molar-refractivity contribution in [1.82, 2.24) is 9.55 Å².